The zero-order chi connectivity index (χ0) is 14.0. The summed E-state index contributed by atoms with van der Waals surface area (Å²) in [5.41, 5.74) is 7.29. The lowest BCUT2D eigenvalue weighted by Crippen LogP contribution is -2.15. The molecule has 0 radical (unpaired) electrons. The fourth-order valence-electron chi connectivity index (χ4n) is 1.84. The molecule has 0 saturated heterocycles. The van der Waals surface area contributed by atoms with Gasteiger partial charge in [0.25, 0.3) is 0 Å². The Bertz CT molecular complexity index is 601. The van der Waals surface area contributed by atoms with Crippen LogP contribution in [0.4, 0.5) is 4.39 Å². The number of halogens is 4. The van der Waals surface area contributed by atoms with Gasteiger partial charge in [0.2, 0.25) is 0 Å². The normalized spacial score (nSPS) is 12.5. The molecule has 2 aromatic rings. The maximum atomic E-state index is 13.8. The van der Waals surface area contributed by atoms with Crippen molar-refractivity contribution in [2.24, 2.45) is 5.73 Å². The topological polar surface area (TPSA) is 26.0 Å². The van der Waals surface area contributed by atoms with Gasteiger partial charge in [-0.25, -0.2) is 4.39 Å². The van der Waals surface area contributed by atoms with Gasteiger partial charge >= 0.3 is 0 Å². The third kappa shape index (κ3) is 3.40. The summed E-state index contributed by atoms with van der Waals surface area (Å²) in [7, 11) is 0. The van der Waals surface area contributed by atoms with Crippen molar-refractivity contribution in [1.82, 2.24) is 0 Å². The van der Waals surface area contributed by atoms with Crippen molar-refractivity contribution in [3.8, 4) is 0 Å². The van der Waals surface area contributed by atoms with E-state index in [1.807, 2.05) is 6.07 Å². The van der Waals surface area contributed by atoms with E-state index in [2.05, 4.69) is 0 Å². The van der Waals surface area contributed by atoms with E-state index in [4.69, 9.17) is 40.5 Å². The Balaban J connectivity index is 2.23. The maximum Gasteiger partial charge on any atom is 0.146 e. The summed E-state index contributed by atoms with van der Waals surface area (Å²) in [4.78, 5) is 0. The fourth-order valence-corrected chi connectivity index (χ4v) is 2.34. The first-order valence-electron chi connectivity index (χ1n) is 5.62. The molecule has 0 aliphatic carbocycles. The molecule has 0 aliphatic rings. The van der Waals surface area contributed by atoms with Crippen LogP contribution in [-0.4, -0.2) is 0 Å². The molecule has 0 saturated carbocycles. The number of hydrogen-bond donors (Lipinski definition) is 1. The molecule has 0 bridgehead atoms. The first kappa shape index (κ1) is 14.6. The van der Waals surface area contributed by atoms with Crippen LogP contribution < -0.4 is 5.73 Å². The number of nitrogens with two attached hydrogens (primary N) is 1. The minimum absolute atomic E-state index is 0.0714. The van der Waals surface area contributed by atoms with Crippen LogP contribution in [0.2, 0.25) is 15.1 Å². The Morgan fingerprint density at radius 1 is 1.00 bits per heavy atom. The summed E-state index contributed by atoms with van der Waals surface area (Å²) in [5, 5.41) is 1.01. The third-order valence-electron chi connectivity index (χ3n) is 2.82. The maximum absolute atomic E-state index is 13.8. The molecule has 100 valence electrons. The summed E-state index contributed by atoms with van der Waals surface area (Å²) in [6.07, 6.45) is 0.453. The molecule has 0 aromatic heterocycles. The third-order valence-corrected chi connectivity index (χ3v) is 3.85. The molecule has 2 aromatic carbocycles. The van der Waals surface area contributed by atoms with Crippen LogP contribution in [-0.2, 0) is 6.42 Å². The quantitative estimate of drug-likeness (QED) is 0.844. The highest BCUT2D eigenvalue weighted by Gasteiger charge is 2.14. The van der Waals surface area contributed by atoms with Crippen LogP contribution in [0, 0.1) is 5.82 Å². The molecule has 1 atom stereocenters. The molecule has 2 rings (SSSR count). The molecule has 2 N–H and O–H groups in total. The van der Waals surface area contributed by atoms with Crippen LogP contribution in [0.1, 0.15) is 17.2 Å². The van der Waals surface area contributed by atoms with Gasteiger partial charge in [0.1, 0.15) is 5.82 Å². The van der Waals surface area contributed by atoms with E-state index in [9.17, 15) is 4.39 Å². The van der Waals surface area contributed by atoms with E-state index < -0.39 is 11.9 Å². The average Bonchev–Trinajstić information content (AvgIpc) is 2.37. The summed E-state index contributed by atoms with van der Waals surface area (Å²) in [5.74, 6) is -0.475. The van der Waals surface area contributed by atoms with E-state index in [1.165, 1.54) is 6.07 Å². The fraction of sp³-hybridized carbons (Fsp3) is 0.143. The molecular weight excluding hydrogens is 308 g/mol. The van der Waals surface area contributed by atoms with Crippen LogP contribution in [0.5, 0.6) is 0 Å². The summed E-state index contributed by atoms with van der Waals surface area (Å²) in [6.45, 7) is 0. The number of rotatable bonds is 3. The van der Waals surface area contributed by atoms with Crippen molar-refractivity contribution in [2.75, 3.05) is 0 Å². The highest BCUT2D eigenvalue weighted by molar-refractivity contribution is 6.42. The smallest absolute Gasteiger partial charge is 0.146 e. The first-order chi connectivity index (χ1) is 8.99. The zero-order valence-electron chi connectivity index (χ0n) is 9.84. The highest BCUT2D eigenvalue weighted by Crippen LogP contribution is 2.27. The lowest BCUT2D eigenvalue weighted by molar-refractivity contribution is 0.581. The van der Waals surface area contributed by atoms with E-state index in [0.29, 0.717) is 22.0 Å². The van der Waals surface area contributed by atoms with Crippen LogP contribution in [0.3, 0.4) is 0 Å². The predicted octanol–water partition coefficient (Wildman–Crippen LogP) is 5.03. The van der Waals surface area contributed by atoms with E-state index in [-0.39, 0.29) is 5.02 Å². The Labute approximate surface area is 126 Å². The SMILES string of the molecule is NC(Cc1ccc(Cl)c(Cl)c1)c1cccc(Cl)c1F. The Morgan fingerprint density at radius 3 is 2.42 bits per heavy atom. The van der Waals surface area contributed by atoms with Crippen molar-refractivity contribution in [3.63, 3.8) is 0 Å². The second-order valence-corrected chi connectivity index (χ2v) is 5.42. The molecule has 0 amide bonds. The van der Waals surface area contributed by atoms with Crippen molar-refractivity contribution in [2.45, 2.75) is 12.5 Å². The molecule has 5 heteroatoms. The molecule has 0 fully saturated rings. The van der Waals surface area contributed by atoms with Gasteiger partial charge in [0.05, 0.1) is 15.1 Å². The molecule has 1 unspecified atom stereocenters. The lowest BCUT2D eigenvalue weighted by atomic mass is 9.99. The molecule has 19 heavy (non-hydrogen) atoms. The van der Waals surface area contributed by atoms with E-state index in [1.54, 1.807) is 24.3 Å². The second-order valence-electron chi connectivity index (χ2n) is 4.20. The van der Waals surface area contributed by atoms with Crippen LogP contribution in [0.25, 0.3) is 0 Å². The van der Waals surface area contributed by atoms with Gasteiger partial charge in [-0.05, 0) is 30.2 Å². The van der Waals surface area contributed by atoms with Gasteiger partial charge in [-0.3, -0.25) is 0 Å². The van der Waals surface area contributed by atoms with E-state index in [0.717, 1.165) is 5.56 Å². The van der Waals surface area contributed by atoms with E-state index >= 15 is 0 Å². The molecular formula is C14H11Cl3FN. The number of hydrogen-bond acceptors (Lipinski definition) is 1. The van der Waals surface area contributed by atoms with Crippen LogP contribution in [0.15, 0.2) is 36.4 Å². The minimum atomic E-state index is -0.490. The van der Waals surface area contributed by atoms with Gasteiger partial charge < -0.3 is 5.73 Å². The Hall–Kier alpha value is -0.800. The summed E-state index contributed by atoms with van der Waals surface area (Å²) < 4.78 is 13.8. The predicted molar refractivity (Wildman–Crippen MR) is 78.5 cm³/mol. The van der Waals surface area contributed by atoms with Crippen molar-refractivity contribution in [1.29, 1.82) is 0 Å². The first-order valence-corrected chi connectivity index (χ1v) is 6.76. The zero-order valence-corrected chi connectivity index (χ0v) is 12.1. The molecule has 1 nitrogen and oxygen atoms in total. The van der Waals surface area contributed by atoms with Crippen molar-refractivity contribution < 1.29 is 4.39 Å². The van der Waals surface area contributed by atoms with Gasteiger partial charge in [-0.15, -0.1) is 0 Å². The summed E-state index contributed by atoms with van der Waals surface area (Å²) >= 11 is 17.5. The number of benzene rings is 2. The average molecular weight is 319 g/mol. The summed E-state index contributed by atoms with van der Waals surface area (Å²) in [6, 6.07) is 9.55. The minimum Gasteiger partial charge on any atom is -0.324 e. The van der Waals surface area contributed by atoms with Gasteiger partial charge in [-0.1, -0.05) is 53.0 Å². The largest absolute Gasteiger partial charge is 0.324 e. The molecule has 0 spiro atoms. The van der Waals surface area contributed by atoms with Gasteiger partial charge in [-0.2, -0.15) is 0 Å². The standard InChI is InChI=1S/C14H11Cl3FN/c15-10-5-4-8(6-12(10)17)7-13(19)9-2-1-3-11(16)14(9)18/h1-6,13H,7,19H2. The molecule has 0 heterocycles. The monoisotopic (exact) mass is 317 g/mol. The van der Waals surface area contributed by atoms with Crippen molar-refractivity contribution >= 4 is 34.8 Å². The van der Waals surface area contributed by atoms with Crippen LogP contribution >= 0.6 is 34.8 Å². The molecule has 0 aliphatic heterocycles. The second kappa shape index (κ2) is 6.10. The van der Waals surface area contributed by atoms with Gasteiger partial charge in [0, 0.05) is 11.6 Å². The van der Waals surface area contributed by atoms with Crippen molar-refractivity contribution in [3.05, 3.63) is 68.4 Å². The van der Waals surface area contributed by atoms with Gasteiger partial charge in [0.15, 0.2) is 0 Å². The Morgan fingerprint density at radius 2 is 1.74 bits per heavy atom. The highest BCUT2D eigenvalue weighted by atomic mass is 35.5. The lowest BCUT2D eigenvalue weighted by Gasteiger charge is -2.14. The Kier molecular flexibility index (Phi) is 4.69.